The highest BCUT2D eigenvalue weighted by Crippen LogP contribution is 2.41. The molecule has 4 nitrogen and oxygen atoms in total. The molecule has 2 aromatic heterocycles. The van der Waals surface area contributed by atoms with Crippen molar-refractivity contribution in [2.75, 3.05) is 12.8 Å². The van der Waals surface area contributed by atoms with Crippen LogP contribution in [0.2, 0.25) is 0 Å². The number of nitrogen functional groups attached to an aromatic ring is 1. The smallest absolute Gasteiger partial charge is 0.153 e. The zero-order valence-corrected chi connectivity index (χ0v) is 12.2. The summed E-state index contributed by atoms with van der Waals surface area (Å²) >= 11 is 1.72. The first-order valence-electron chi connectivity index (χ1n) is 6.57. The zero-order chi connectivity index (χ0) is 14.4. The third-order valence-electron chi connectivity index (χ3n) is 3.58. The molecule has 0 bridgehead atoms. The molecule has 0 saturated carbocycles. The Hall–Kier alpha value is -2.53. The number of anilines is 1. The minimum absolute atomic E-state index is 0.619. The summed E-state index contributed by atoms with van der Waals surface area (Å²) in [5.41, 5.74) is 8.44. The van der Waals surface area contributed by atoms with Crippen LogP contribution >= 0.6 is 11.3 Å². The lowest BCUT2D eigenvalue weighted by Gasteiger charge is -2.06. The van der Waals surface area contributed by atoms with Crippen LogP contribution in [0.25, 0.3) is 31.6 Å². The van der Waals surface area contributed by atoms with E-state index in [1.54, 1.807) is 18.4 Å². The first kappa shape index (κ1) is 12.2. The molecule has 0 atom stereocenters. The fraction of sp³-hybridized carbons (Fsp3) is 0.0625. The van der Waals surface area contributed by atoms with Gasteiger partial charge in [-0.15, -0.1) is 11.3 Å². The summed E-state index contributed by atoms with van der Waals surface area (Å²) in [7, 11) is 1.63. The third kappa shape index (κ3) is 1.78. The Morgan fingerprint density at radius 3 is 2.86 bits per heavy atom. The lowest BCUT2D eigenvalue weighted by Crippen LogP contribution is -1.92. The molecule has 2 heterocycles. The molecule has 5 heteroatoms. The maximum atomic E-state index is 6.02. The number of thiophene rings is 1. The van der Waals surface area contributed by atoms with E-state index < -0.39 is 0 Å². The van der Waals surface area contributed by atoms with Crippen molar-refractivity contribution in [3.8, 4) is 16.3 Å². The molecule has 0 aliphatic carbocycles. The van der Waals surface area contributed by atoms with Crippen molar-refractivity contribution >= 4 is 38.0 Å². The monoisotopic (exact) mass is 295 g/mol. The van der Waals surface area contributed by atoms with Crippen LogP contribution in [0, 0.1) is 0 Å². The van der Waals surface area contributed by atoms with E-state index in [9.17, 15) is 0 Å². The van der Waals surface area contributed by atoms with Gasteiger partial charge in [0.15, 0.2) is 5.75 Å². The highest BCUT2D eigenvalue weighted by atomic mass is 32.1. The number of aromatic amines is 1. The van der Waals surface area contributed by atoms with Crippen molar-refractivity contribution in [2.24, 2.45) is 0 Å². The van der Waals surface area contributed by atoms with E-state index in [0.717, 1.165) is 21.5 Å². The second-order valence-corrected chi connectivity index (χ2v) is 5.92. The maximum Gasteiger partial charge on any atom is 0.153 e. The van der Waals surface area contributed by atoms with E-state index in [1.165, 1.54) is 10.1 Å². The van der Waals surface area contributed by atoms with Crippen LogP contribution in [0.3, 0.4) is 0 Å². The first-order valence-corrected chi connectivity index (χ1v) is 7.39. The predicted octanol–water partition coefficient (Wildman–Crippen LogP) is 4.04. The third-order valence-corrected chi connectivity index (χ3v) is 4.70. The lowest BCUT2D eigenvalue weighted by molar-refractivity contribution is 0.422. The molecule has 4 rings (SSSR count). The molecule has 3 N–H and O–H groups in total. The molecule has 0 unspecified atom stereocenters. The largest absolute Gasteiger partial charge is 0.494 e. The molecular weight excluding hydrogens is 282 g/mol. The number of nitrogens with one attached hydrogen (secondary N) is 1. The van der Waals surface area contributed by atoms with Crippen LogP contribution in [-0.2, 0) is 0 Å². The van der Waals surface area contributed by atoms with Gasteiger partial charge in [0.1, 0.15) is 5.69 Å². The van der Waals surface area contributed by atoms with E-state index >= 15 is 0 Å². The van der Waals surface area contributed by atoms with E-state index in [2.05, 4.69) is 28.4 Å². The number of methoxy groups -OCH3 is 1. The lowest BCUT2D eigenvalue weighted by atomic mass is 10.1. The van der Waals surface area contributed by atoms with Gasteiger partial charge in [0.05, 0.1) is 28.6 Å². The van der Waals surface area contributed by atoms with Crippen LogP contribution in [0.5, 0.6) is 5.75 Å². The molecule has 104 valence electrons. The second kappa shape index (κ2) is 4.49. The second-order valence-electron chi connectivity index (χ2n) is 4.83. The fourth-order valence-electron chi connectivity index (χ4n) is 2.60. The number of fused-ring (bicyclic) bond motifs is 2. The Labute approximate surface area is 125 Å². The summed E-state index contributed by atoms with van der Waals surface area (Å²) in [4.78, 5) is 1.10. The van der Waals surface area contributed by atoms with Gasteiger partial charge < -0.3 is 10.5 Å². The Morgan fingerprint density at radius 2 is 2.05 bits per heavy atom. The van der Waals surface area contributed by atoms with Crippen molar-refractivity contribution in [3.63, 3.8) is 0 Å². The Balaban J connectivity index is 2.03. The van der Waals surface area contributed by atoms with Gasteiger partial charge in [-0.2, -0.15) is 5.10 Å². The van der Waals surface area contributed by atoms with Crippen LogP contribution in [-0.4, -0.2) is 17.3 Å². The summed E-state index contributed by atoms with van der Waals surface area (Å²) in [6, 6.07) is 14.2. The van der Waals surface area contributed by atoms with Gasteiger partial charge >= 0.3 is 0 Å². The van der Waals surface area contributed by atoms with Crippen LogP contribution in [0.4, 0.5) is 5.69 Å². The molecule has 4 aromatic rings. The van der Waals surface area contributed by atoms with Gasteiger partial charge in [0.25, 0.3) is 0 Å². The van der Waals surface area contributed by atoms with Crippen LogP contribution in [0.15, 0.2) is 42.5 Å². The summed E-state index contributed by atoms with van der Waals surface area (Å²) < 4.78 is 6.71. The van der Waals surface area contributed by atoms with Crippen LogP contribution < -0.4 is 10.5 Å². The average Bonchev–Trinajstić information content (AvgIpc) is 3.10. The van der Waals surface area contributed by atoms with Crippen molar-refractivity contribution in [2.45, 2.75) is 0 Å². The maximum absolute atomic E-state index is 6.02. The molecule has 0 saturated heterocycles. The normalized spacial score (nSPS) is 11.3. The molecule has 0 amide bonds. The number of hydrogen-bond acceptors (Lipinski definition) is 4. The quantitative estimate of drug-likeness (QED) is 0.549. The summed E-state index contributed by atoms with van der Waals surface area (Å²) in [5.74, 6) is 0.675. The minimum Gasteiger partial charge on any atom is -0.494 e. The number of hydrogen-bond donors (Lipinski definition) is 2. The number of benzene rings is 2. The molecule has 2 aromatic carbocycles. The first-order chi connectivity index (χ1) is 10.3. The molecule has 21 heavy (non-hydrogen) atoms. The van der Waals surface area contributed by atoms with Crippen molar-refractivity contribution in [1.29, 1.82) is 0 Å². The zero-order valence-electron chi connectivity index (χ0n) is 11.4. The van der Waals surface area contributed by atoms with Crippen molar-refractivity contribution < 1.29 is 4.74 Å². The topological polar surface area (TPSA) is 63.9 Å². The number of nitrogens with two attached hydrogens (primary N) is 1. The van der Waals surface area contributed by atoms with Crippen molar-refractivity contribution in [1.82, 2.24) is 10.2 Å². The number of rotatable bonds is 2. The van der Waals surface area contributed by atoms with Gasteiger partial charge in [-0.05, 0) is 29.7 Å². The Morgan fingerprint density at radius 1 is 1.19 bits per heavy atom. The Bertz CT molecular complexity index is 922. The number of ether oxygens (including phenoxy) is 1. The number of H-pyrrole nitrogens is 1. The Kier molecular flexibility index (Phi) is 2.62. The van der Waals surface area contributed by atoms with Gasteiger partial charge in [0, 0.05) is 4.70 Å². The molecule has 0 aliphatic rings. The predicted molar refractivity (Wildman–Crippen MR) is 87.9 cm³/mol. The highest BCUT2D eigenvalue weighted by molar-refractivity contribution is 7.22. The number of aromatic nitrogens is 2. The van der Waals surface area contributed by atoms with Gasteiger partial charge in [0.2, 0.25) is 0 Å². The highest BCUT2D eigenvalue weighted by Gasteiger charge is 2.17. The summed E-state index contributed by atoms with van der Waals surface area (Å²) in [5, 5.41) is 9.67. The van der Waals surface area contributed by atoms with Crippen molar-refractivity contribution in [3.05, 3.63) is 42.5 Å². The summed E-state index contributed by atoms with van der Waals surface area (Å²) in [6.07, 6.45) is 0. The van der Waals surface area contributed by atoms with E-state index in [0.29, 0.717) is 11.4 Å². The molecule has 0 spiro atoms. The molecule has 0 fully saturated rings. The minimum atomic E-state index is 0.619. The van der Waals surface area contributed by atoms with Gasteiger partial charge in [-0.1, -0.05) is 18.2 Å². The number of nitrogens with zero attached hydrogens (tertiary/aromatic N) is 1. The van der Waals surface area contributed by atoms with E-state index in [4.69, 9.17) is 10.5 Å². The van der Waals surface area contributed by atoms with E-state index in [1.807, 2.05) is 24.3 Å². The molecule has 0 aliphatic heterocycles. The fourth-order valence-corrected chi connectivity index (χ4v) is 3.65. The average molecular weight is 295 g/mol. The SMILES string of the molecule is COc1c(N)ccc2[nH]nc(-c3cc4ccccc4s3)c12. The standard InChI is InChI=1S/C16H13N3OS/c1-20-16-10(17)6-7-11-14(16)15(19-18-11)13-8-9-4-2-3-5-12(9)21-13/h2-8H,17H2,1H3,(H,18,19). The van der Waals surface area contributed by atoms with Gasteiger partial charge in [-0.3, -0.25) is 5.10 Å². The van der Waals surface area contributed by atoms with Crippen LogP contribution in [0.1, 0.15) is 0 Å². The molecular formula is C16H13N3OS. The molecule has 0 radical (unpaired) electrons. The van der Waals surface area contributed by atoms with Gasteiger partial charge in [-0.25, -0.2) is 0 Å². The summed E-state index contributed by atoms with van der Waals surface area (Å²) in [6.45, 7) is 0. The van der Waals surface area contributed by atoms with E-state index in [-0.39, 0.29) is 0 Å².